The number of rotatable bonds is 10. The van der Waals surface area contributed by atoms with E-state index in [0.717, 1.165) is 5.96 Å². The van der Waals surface area contributed by atoms with Gasteiger partial charge in [-0.2, -0.15) is 4.31 Å². The fourth-order valence-electron chi connectivity index (χ4n) is 4.26. The minimum atomic E-state index is -3.86. The molecule has 0 saturated carbocycles. The lowest BCUT2D eigenvalue weighted by Gasteiger charge is -2.28. The molecular formula is C27H40N8O4S. The summed E-state index contributed by atoms with van der Waals surface area (Å²) in [4.78, 5) is 31.3. The molecule has 0 bridgehead atoms. The standard InChI is InChI=1S/C25H34N8O4S.C2H6/c1-6-20-23-29-22(30-25(34)33(23)17(4)28-20)19-16-18(10-11-21(19)37-8-3)38(35,36)31(5)14-15-32(7-2)24-26-12-9-13-27-24;1-2/h9-12,16H,6-8,13-15H2,1-5H3,(H,26,27)(H,29,30,34);1-2H3. The van der Waals surface area contributed by atoms with Crippen LogP contribution in [0.5, 0.6) is 5.75 Å². The van der Waals surface area contributed by atoms with E-state index in [4.69, 9.17) is 4.74 Å². The number of aromatic nitrogens is 4. The number of hydrogen-bond donors (Lipinski definition) is 2. The third-order valence-electron chi connectivity index (χ3n) is 6.33. The van der Waals surface area contributed by atoms with Crippen LogP contribution >= 0.6 is 0 Å². The van der Waals surface area contributed by atoms with Crippen molar-refractivity contribution < 1.29 is 13.2 Å². The number of aliphatic imine (C=N–C) groups is 1. The molecule has 0 radical (unpaired) electrons. The van der Waals surface area contributed by atoms with Gasteiger partial charge in [0.25, 0.3) is 0 Å². The molecule has 2 aromatic heterocycles. The van der Waals surface area contributed by atoms with Crippen molar-refractivity contribution in [2.75, 3.05) is 39.8 Å². The highest BCUT2D eigenvalue weighted by Gasteiger charge is 2.25. The Morgan fingerprint density at radius 1 is 1.12 bits per heavy atom. The molecule has 12 nitrogen and oxygen atoms in total. The molecule has 0 spiro atoms. The van der Waals surface area contributed by atoms with Gasteiger partial charge in [-0.3, -0.25) is 4.98 Å². The summed E-state index contributed by atoms with van der Waals surface area (Å²) in [6.45, 7) is 13.8. The Kier molecular flexibility index (Phi) is 10.5. The zero-order chi connectivity index (χ0) is 29.4. The molecule has 218 valence electrons. The predicted octanol–water partition coefficient (Wildman–Crippen LogP) is 2.80. The van der Waals surface area contributed by atoms with Crippen molar-refractivity contribution in [2.45, 2.75) is 52.9 Å². The Balaban J connectivity index is 0.00000216. The lowest BCUT2D eigenvalue weighted by atomic mass is 10.2. The first kappa shape index (κ1) is 30.8. The van der Waals surface area contributed by atoms with Crippen LogP contribution < -0.4 is 15.7 Å². The molecule has 0 aliphatic carbocycles. The third-order valence-corrected chi connectivity index (χ3v) is 8.18. The maximum Gasteiger partial charge on any atom is 0.334 e. The van der Waals surface area contributed by atoms with Crippen LogP contribution in [-0.4, -0.2) is 82.8 Å². The molecule has 2 N–H and O–H groups in total. The van der Waals surface area contributed by atoms with Crippen LogP contribution in [0.4, 0.5) is 0 Å². The topological polar surface area (TPSA) is 137 Å². The Labute approximate surface area is 235 Å². The van der Waals surface area contributed by atoms with E-state index in [0.29, 0.717) is 61.1 Å². The molecule has 1 aliphatic heterocycles. The first-order valence-corrected chi connectivity index (χ1v) is 15.1. The lowest BCUT2D eigenvalue weighted by molar-refractivity contribution is 0.341. The number of sulfonamides is 1. The number of hydrogen-bond acceptors (Lipinski definition) is 9. The van der Waals surface area contributed by atoms with Crippen molar-refractivity contribution >= 4 is 21.6 Å². The van der Waals surface area contributed by atoms with Gasteiger partial charge in [0.05, 0.1) is 29.3 Å². The first-order chi connectivity index (χ1) is 19.2. The van der Waals surface area contributed by atoms with E-state index in [1.165, 1.54) is 20.8 Å². The van der Waals surface area contributed by atoms with E-state index in [1.807, 2.05) is 51.8 Å². The molecule has 0 atom stereocenters. The number of guanidine groups is 1. The van der Waals surface area contributed by atoms with Gasteiger partial charge in [-0.05, 0) is 51.5 Å². The minimum Gasteiger partial charge on any atom is -0.493 e. The van der Waals surface area contributed by atoms with Crippen molar-refractivity contribution in [2.24, 2.45) is 4.99 Å². The average molecular weight is 573 g/mol. The van der Waals surface area contributed by atoms with E-state index in [9.17, 15) is 13.2 Å². The monoisotopic (exact) mass is 572 g/mol. The Hall–Kier alpha value is -3.71. The molecule has 1 aromatic carbocycles. The Morgan fingerprint density at radius 3 is 2.50 bits per heavy atom. The van der Waals surface area contributed by atoms with E-state index >= 15 is 0 Å². The molecule has 0 fully saturated rings. The highest BCUT2D eigenvalue weighted by atomic mass is 32.2. The van der Waals surface area contributed by atoms with Crippen LogP contribution in [-0.2, 0) is 16.4 Å². The van der Waals surface area contributed by atoms with Crippen LogP contribution in [0.25, 0.3) is 17.0 Å². The summed E-state index contributed by atoms with van der Waals surface area (Å²) in [7, 11) is -2.31. The molecule has 1 aliphatic rings. The molecule has 3 aromatic rings. The average Bonchev–Trinajstić information content (AvgIpc) is 3.30. The summed E-state index contributed by atoms with van der Waals surface area (Å²) >= 11 is 0. The van der Waals surface area contributed by atoms with Gasteiger partial charge in [-0.1, -0.05) is 20.8 Å². The molecule has 0 saturated heterocycles. The van der Waals surface area contributed by atoms with E-state index in [1.54, 1.807) is 20.0 Å². The summed E-state index contributed by atoms with van der Waals surface area (Å²) in [5, 5.41) is 3.11. The van der Waals surface area contributed by atoms with Gasteiger partial charge in [0.1, 0.15) is 17.4 Å². The van der Waals surface area contributed by atoms with Crippen LogP contribution in [0.1, 0.15) is 46.1 Å². The summed E-state index contributed by atoms with van der Waals surface area (Å²) < 4.78 is 35.6. The summed E-state index contributed by atoms with van der Waals surface area (Å²) in [5.74, 6) is 1.89. The van der Waals surface area contributed by atoms with Gasteiger partial charge in [-0.15, -0.1) is 0 Å². The maximum absolute atomic E-state index is 13.5. The molecular weight excluding hydrogens is 532 g/mol. The fourth-order valence-corrected chi connectivity index (χ4v) is 5.45. The SMILES string of the molecule is CC.CCOc1ccc(S(=O)(=O)N(C)CCN(CC)C2=NCC=CN2)cc1-c1nc2c(CC)nc(C)n2c(=O)[nH]1. The summed E-state index contributed by atoms with van der Waals surface area (Å²) in [5.41, 5.74) is 1.09. The number of aromatic amines is 1. The smallest absolute Gasteiger partial charge is 0.334 e. The highest BCUT2D eigenvalue weighted by Crippen LogP contribution is 2.31. The van der Waals surface area contributed by atoms with Crippen molar-refractivity contribution in [3.8, 4) is 17.1 Å². The van der Waals surface area contributed by atoms with Crippen LogP contribution in [0, 0.1) is 6.92 Å². The Morgan fingerprint density at radius 2 is 1.88 bits per heavy atom. The van der Waals surface area contributed by atoms with E-state index in [2.05, 4.69) is 25.3 Å². The maximum atomic E-state index is 13.5. The van der Waals surface area contributed by atoms with Crippen molar-refractivity contribution in [3.05, 3.63) is 52.5 Å². The zero-order valence-corrected chi connectivity index (χ0v) is 25.2. The largest absolute Gasteiger partial charge is 0.493 e. The van der Waals surface area contributed by atoms with E-state index in [-0.39, 0.29) is 17.3 Å². The number of nitrogens with zero attached hydrogens (tertiary/aromatic N) is 6. The molecule has 0 unspecified atom stereocenters. The highest BCUT2D eigenvalue weighted by molar-refractivity contribution is 7.89. The molecule has 40 heavy (non-hydrogen) atoms. The molecule has 0 amide bonds. The van der Waals surface area contributed by atoms with Gasteiger partial charge in [-0.25, -0.2) is 32.6 Å². The normalized spacial score (nSPS) is 13.1. The fraction of sp³-hybridized carbons (Fsp3) is 0.481. The number of H-pyrrole nitrogens is 1. The second kappa shape index (κ2) is 13.6. The first-order valence-electron chi connectivity index (χ1n) is 13.6. The summed E-state index contributed by atoms with van der Waals surface area (Å²) in [6, 6.07) is 4.60. The van der Waals surface area contributed by atoms with Crippen molar-refractivity contribution in [1.82, 2.24) is 33.9 Å². The van der Waals surface area contributed by atoms with Crippen molar-refractivity contribution in [1.29, 1.82) is 0 Å². The quantitative estimate of drug-likeness (QED) is 0.378. The molecule has 4 rings (SSSR count). The van der Waals surface area contributed by atoms with Crippen LogP contribution in [0.15, 0.2) is 45.2 Å². The van der Waals surface area contributed by atoms with Gasteiger partial charge in [0, 0.05) is 32.9 Å². The number of aryl methyl sites for hydroxylation is 2. The van der Waals surface area contributed by atoms with Crippen LogP contribution in [0.3, 0.4) is 0 Å². The number of ether oxygens (including phenoxy) is 1. The second-order valence-electron chi connectivity index (χ2n) is 8.72. The number of nitrogens with one attached hydrogen (secondary N) is 2. The van der Waals surface area contributed by atoms with E-state index < -0.39 is 15.7 Å². The van der Waals surface area contributed by atoms with Crippen LogP contribution in [0.2, 0.25) is 0 Å². The number of likely N-dealkylation sites (N-methyl/N-ethyl adjacent to an activating group) is 2. The second-order valence-corrected chi connectivity index (χ2v) is 10.8. The third kappa shape index (κ3) is 6.36. The number of fused-ring (bicyclic) bond motifs is 1. The number of imidazole rings is 1. The molecule has 13 heteroatoms. The number of benzene rings is 1. The van der Waals surface area contributed by atoms with Crippen molar-refractivity contribution in [3.63, 3.8) is 0 Å². The van der Waals surface area contributed by atoms with Gasteiger partial charge in [0.2, 0.25) is 10.0 Å². The Bertz CT molecular complexity index is 1540. The zero-order valence-electron chi connectivity index (χ0n) is 24.4. The summed E-state index contributed by atoms with van der Waals surface area (Å²) in [6.07, 6.45) is 4.34. The minimum absolute atomic E-state index is 0.0699. The molecule has 3 heterocycles. The van der Waals surface area contributed by atoms with Gasteiger partial charge < -0.3 is 15.0 Å². The lowest BCUT2D eigenvalue weighted by Crippen LogP contribution is -2.44. The predicted molar refractivity (Wildman–Crippen MR) is 157 cm³/mol. The van der Waals surface area contributed by atoms with Gasteiger partial charge >= 0.3 is 5.69 Å². The van der Waals surface area contributed by atoms with Gasteiger partial charge in [0.15, 0.2) is 11.6 Å².